The molecule has 132 valence electrons. The second kappa shape index (κ2) is 11.5. The molecule has 2 atom stereocenters. The maximum atomic E-state index is 5.22. The molecule has 6 heteroatoms. The van der Waals surface area contributed by atoms with Gasteiger partial charge in [0.2, 0.25) is 0 Å². The molecule has 0 amide bonds. The van der Waals surface area contributed by atoms with Crippen molar-refractivity contribution in [3.8, 4) is 5.75 Å². The Morgan fingerprint density at radius 2 is 1.87 bits per heavy atom. The standard InChI is InChI=1S/C17H30N4O.HI/c1-7-13(2)20-17(18-3)19-12-16(21(4)5)14-8-10-15(22-6)11-9-14;/h8-11,13,16H,7,12H2,1-6H3,(H2,18,19,20);1H. The Bertz CT molecular complexity index is 462. The van der Waals surface area contributed by atoms with Crippen molar-refractivity contribution < 1.29 is 4.74 Å². The highest BCUT2D eigenvalue weighted by molar-refractivity contribution is 14.0. The monoisotopic (exact) mass is 434 g/mol. The van der Waals surface area contributed by atoms with Crippen LogP contribution in [0.2, 0.25) is 0 Å². The minimum absolute atomic E-state index is 0. The number of hydrogen-bond acceptors (Lipinski definition) is 3. The van der Waals surface area contributed by atoms with Gasteiger partial charge in [0.15, 0.2) is 5.96 Å². The van der Waals surface area contributed by atoms with Crippen LogP contribution in [-0.2, 0) is 0 Å². The molecule has 1 rings (SSSR count). The molecule has 0 aliphatic carbocycles. The van der Waals surface area contributed by atoms with E-state index in [1.54, 1.807) is 14.2 Å². The van der Waals surface area contributed by atoms with Crippen LogP contribution in [0.3, 0.4) is 0 Å². The van der Waals surface area contributed by atoms with Gasteiger partial charge in [0.25, 0.3) is 0 Å². The number of methoxy groups -OCH3 is 1. The van der Waals surface area contributed by atoms with E-state index in [-0.39, 0.29) is 30.0 Å². The zero-order valence-electron chi connectivity index (χ0n) is 15.1. The van der Waals surface area contributed by atoms with Gasteiger partial charge in [-0.2, -0.15) is 0 Å². The number of aliphatic imine (C=N–C) groups is 1. The SMILES string of the molecule is CCC(C)NC(=NC)NCC(c1ccc(OC)cc1)N(C)C.I. The second-order valence-electron chi connectivity index (χ2n) is 5.66. The van der Waals surface area contributed by atoms with Gasteiger partial charge in [-0.1, -0.05) is 19.1 Å². The lowest BCUT2D eigenvalue weighted by Crippen LogP contribution is -2.44. The Labute approximate surface area is 157 Å². The molecule has 0 saturated heterocycles. The van der Waals surface area contributed by atoms with E-state index in [4.69, 9.17) is 4.74 Å². The molecule has 23 heavy (non-hydrogen) atoms. The molecular weight excluding hydrogens is 403 g/mol. The van der Waals surface area contributed by atoms with E-state index in [0.29, 0.717) is 6.04 Å². The molecule has 1 aromatic carbocycles. The van der Waals surface area contributed by atoms with E-state index < -0.39 is 0 Å². The quantitative estimate of drug-likeness (QED) is 0.394. The number of ether oxygens (including phenoxy) is 1. The summed E-state index contributed by atoms with van der Waals surface area (Å²) in [5.74, 6) is 1.72. The van der Waals surface area contributed by atoms with Crippen LogP contribution in [0.25, 0.3) is 0 Å². The largest absolute Gasteiger partial charge is 0.497 e. The van der Waals surface area contributed by atoms with Gasteiger partial charge in [-0.25, -0.2) is 0 Å². The molecule has 2 unspecified atom stereocenters. The van der Waals surface area contributed by atoms with Crippen LogP contribution in [0.5, 0.6) is 5.75 Å². The lowest BCUT2D eigenvalue weighted by Gasteiger charge is -2.26. The Morgan fingerprint density at radius 3 is 2.30 bits per heavy atom. The fourth-order valence-electron chi connectivity index (χ4n) is 2.15. The normalized spacial score (nSPS) is 14.0. The van der Waals surface area contributed by atoms with Gasteiger partial charge in [-0.15, -0.1) is 24.0 Å². The van der Waals surface area contributed by atoms with Crippen molar-refractivity contribution >= 4 is 29.9 Å². The van der Waals surface area contributed by atoms with Crippen LogP contribution >= 0.6 is 24.0 Å². The topological polar surface area (TPSA) is 48.9 Å². The third-order valence-corrected chi connectivity index (χ3v) is 3.81. The van der Waals surface area contributed by atoms with Crippen molar-refractivity contribution in [1.82, 2.24) is 15.5 Å². The van der Waals surface area contributed by atoms with Crippen LogP contribution in [0.15, 0.2) is 29.3 Å². The predicted molar refractivity (Wildman–Crippen MR) is 109 cm³/mol. The van der Waals surface area contributed by atoms with E-state index in [9.17, 15) is 0 Å². The van der Waals surface area contributed by atoms with Crippen molar-refractivity contribution in [3.63, 3.8) is 0 Å². The number of nitrogens with one attached hydrogen (secondary N) is 2. The van der Waals surface area contributed by atoms with Crippen molar-refractivity contribution in [2.24, 2.45) is 4.99 Å². The average Bonchev–Trinajstić information content (AvgIpc) is 2.53. The molecule has 0 aliphatic rings. The molecule has 0 saturated carbocycles. The van der Waals surface area contributed by atoms with Crippen LogP contribution in [0.4, 0.5) is 0 Å². The van der Waals surface area contributed by atoms with E-state index in [1.165, 1.54) is 5.56 Å². The molecule has 0 aromatic heterocycles. The predicted octanol–water partition coefficient (Wildman–Crippen LogP) is 2.88. The average molecular weight is 434 g/mol. The van der Waals surface area contributed by atoms with Crippen LogP contribution < -0.4 is 15.4 Å². The van der Waals surface area contributed by atoms with Gasteiger partial charge < -0.3 is 20.3 Å². The van der Waals surface area contributed by atoms with Crippen LogP contribution in [0.1, 0.15) is 31.9 Å². The smallest absolute Gasteiger partial charge is 0.191 e. The molecule has 5 nitrogen and oxygen atoms in total. The first-order valence-electron chi connectivity index (χ1n) is 7.79. The summed E-state index contributed by atoms with van der Waals surface area (Å²) in [5.41, 5.74) is 1.25. The Kier molecular flexibility index (Phi) is 11.0. The number of nitrogens with zero attached hydrogens (tertiary/aromatic N) is 2. The van der Waals surface area contributed by atoms with Gasteiger partial charge in [0.1, 0.15) is 5.75 Å². The Hall–Kier alpha value is -1.02. The third-order valence-electron chi connectivity index (χ3n) is 3.81. The number of likely N-dealkylation sites (N-methyl/N-ethyl adjacent to an activating group) is 1. The lowest BCUT2D eigenvalue weighted by atomic mass is 10.1. The van der Waals surface area contributed by atoms with Crippen molar-refractivity contribution in [2.45, 2.75) is 32.4 Å². The van der Waals surface area contributed by atoms with Crippen molar-refractivity contribution in [3.05, 3.63) is 29.8 Å². The highest BCUT2D eigenvalue weighted by Crippen LogP contribution is 2.20. The maximum Gasteiger partial charge on any atom is 0.191 e. The van der Waals surface area contributed by atoms with E-state index >= 15 is 0 Å². The number of benzene rings is 1. The minimum Gasteiger partial charge on any atom is -0.497 e. The summed E-state index contributed by atoms with van der Waals surface area (Å²) in [6, 6.07) is 8.88. The lowest BCUT2D eigenvalue weighted by molar-refractivity contribution is 0.297. The first-order chi connectivity index (χ1) is 10.5. The molecule has 0 fully saturated rings. The molecule has 2 N–H and O–H groups in total. The van der Waals surface area contributed by atoms with Gasteiger partial charge >= 0.3 is 0 Å². The summed E-state index contributed by atoms with van der Waals surface area (Å²) in [4.78, 5) is 6.48. The minimum atomic E-state index is 0. The third kappa shape index (κ3) is 7.39. The summed E-state index contributed by atoms with van der Waals surface area (Å²) in [7, 11) is 7.66. The molecular formula is C17H31IN4O. The first kappa shape index (κ1) is 22.0. The molecule has 0 bridgehead atoms. The zero-order chi connectivity index (χ0) is 16.5. The number of guanidine groups is 1. The Morgan fingerprint density at radius 1 is 1.26 bits per heavy atom. The molecule has 0 heterocycles. The van der Waals surface area contributed by atoms with Crippen molar-refractivity contribution in [1.29, 1.82) is 0 Å². The van der Waals surface area contributed by atoms with E-state index in [2.05, 4.69) is 60.6 Å². The summed E-state index contributed by atoms with van der Waals surface area (Å²) in [6.07, 6.45) is 1.07. The summed E-state index contributed by atoms with van der Waals surface area (Å²) < 4.78 is 5.22. The highest BCUT2D eigenvalue weighted by atomic mass is 127. The fourth-order valence-corrected chi connectivity index (χ4v) is 2.15. The summed E-state index contributed by atoms with van der Waals surface area (Å²) >= 11 is 0. The summed E-state index contributed by atoms with van der Waals surface area (Å²) in [5, 5.41) is 6.79. The fraction of sp³-hybridized carbons (Fsp3) is 0.588. The number of halogens is 1. The second-order valence-corrected chi connectivity index (χ2v) is 5.66. The first-order valence-corrected chi connectivity index (χ1v) is 7.79. The van der Waals surface area contributed by atoms with Gasteiger partial charge in [-0.05, 0) is 45.1 Å². The summed E-state index contributed by atoms with van der Waals surface area (Å²) in [6.45, 7) is 5.10. The molecule has 0 spiro atoms. The van der Waals surface area contributed by atoms with Gasteiger partial charge in [0.05, 0.1) is 13.2 Å². The number of hydrogen-bond donors (Lipinski definition) is 2. The zero-order valence-corrected chi connectivity index (χ0v) is 17.4. The molecule has 0 aliphatic heterocycles. The van der Waals surface area contributed by atoms with Crippen molar-refractivity contribution in [2.75, 3.05) is 34.8 Å². The maximum absolute atomic E-state index is 5.22. The van der Waals surface area contributed by atoms with E-state index in [0.717, 1.165) is 24.7 Å². The van der Waals surface area contributed by atoms with Crippen LogP contribution in [-0.4, -0.2) is 51.7 Å². The molecule has 1 aromatic rings. The van der Waals surface area contributed by atoms with Gasteiger partial charge in [0, 0.05) is 19.6 Å². The highest BCUT2D eigenvalue weighted by Gasteiger charge is 2.15. The van der Waals surface area contributed by atoms with E-state index in [1.807, 2.05) is 12.1 Å². The van der Waals surface area contributed by atoms with Crippen LogP contribution in [0, 0.1) is 0 Å². The van der Waals surface area contributed by atoms with Gasteiger partial charge in [-0.3, -0.25) is 4.99 Å². The molecule has 0 radical (unpaired) electrons. The number of rotatable bonds is 7. The Balaban J connectivity index is 0.00000484.